The van der Waals surface area contributed by atoms with E-state index in [1.807, 2.05) is 42.5 Å². The third kappa shape index (κ3) is 5.25. The largest absolute Gasteiger partial charge is 0.395 e. The van der Waals surface area contributed by atoms with Crippen LogP contribution >= 0.6 is 15.9 Å². The van der Waals surface area contributed by atoms with Crippen LogP contribution in [-0.2, 0) is 6.54 Å². The first kappa shape index (κ1) is 16.2. The van der Waals surface area contributed by atoms with Crippen molar-refractivity contribution < 1.29 is 10.2 Å². The van der Waals surface area contributed by atoms with Crippen molar-refractivity contribution in [2.75, 3.05) is 19.7 Å². The Kier molecular flexibility index (Phi) is 6.39. The number of aliphatic hydroxyl groups is 2. The van der Waals surface area contributed by atoms with Gasteiger partial charge in [-0.2, -0.15) is 0 Å². The summed E-state index contributed by atoms with van der Waals surface area (Å²) in [6.07, 6.45) is -0.562. The standard InChI is InChI=1S/C17H20BrNO2/c18-16-8-6-15(7-9-16)17(21)13-19(10-11-20)12-14-4-2-1-3-5-14/h1-9,17,20-21H,10-13H2/t17-/m1/s1. The molecule has 2 aromatic rings. The van der Waals surface area contributed by atoms with Crippen LogP contribution in [0.1, 0.15) is 17.2 Å². The normalized spacial score (nSPS) is 12.6. The fraction of sp³-hybridized carbons (Fsp3) is 0.294. The number of nitrogens with zero attached hydrogens (tertiary/aromatic N) is 1. The molecule has 0 bridgehead atoms. The molecule has 0 aliphatic rings. The summed E-state index contributed by atoms with van der Waals surface area (Å²) in [6, 6.07) is 17.7. The number of halogens is 1. The van der Waals surface area contributed by atoms with E-state index in [0.717, 1.165) is 16.6 Å². The van der Waals surface area contributed by atoms with Gasteiger partial charge in [0.05, 0.1) is 12.7 Å². The van der Waals surface area contributed by atoms with Crippen molar-refractivity contribution in [2.45, 2.75) is 12.6 Å². The lowest BCUT2D eigenvalue weighted by molar-refractivity contribution is 0.0957. The molecule has 0 fully saturated rings. The Labute approximate surface area is 134 Å². The second-order valence-corrected chi connectivity index (χ2v) is 5.93. The molecular weight excluding hydrogens is 330 g/mol. The van der Waals surface area contributed by atoms with E-state index in [1.165, 1.54) is 5.56 Å². The molecule has 0 spiro atoms. The van der Waals surface area contributed by atoms with E-state index in [1.54, 1.807) is 0 Å². The van der Waals surface area contributed by atoms with Crippen molar-refractivity contribution in [3.05, 3.63) is 70.2 Å². The lowest BCUT2D eigenvalue weighted by atomic mass is 10.1. The molecule has 0 unspecified atom stereocenters. The fourth-order valence-electron chi connectivity index (χ4n) is 2.25. The Morgan fingerprint density at radius 3 is 2.29 bits per heavy atom. The van der Waals surface area contributed by atoms with Gasteiger partial charge in [-0.15, -0.1) is 0 Å². The average molecular weight is 350 g/mol. The van der Waals surface area contributed by atoms with Gasteiger partial charge in [0.15, 0.2) is 0 Å². The van der Waals surface area contributed by atoms with Gasteiger partial charge in [0.25, 0.3) is 0 Å². The quantitative estimate of drug-likeness (QED) is 0.807. The Morgan fingerprint density at radius 1 is 1.00 bits per heavy atom. The number of hydrogen-bond donors (Lipinski definition) is 2. The molecule has 1 atom stereocenters. The van der Waals surface area contributed by atoms with E-state index in [2.05, 4.69) is 33.0 Å². The predicted molar refractivity (Wildman–Crippen MR) is 87.9 cm³/mol. The minimum atomic E-state index is -0.562. The highest BCUT2D eigenvalue weighted by Crippen LogP contribution is 2.18. The van der Waals surface area contributed by atoms with Gasteiger partial charge in [-0.05, 0) is 23.3 Å². The van der Waals surface area contributed by atoms with Gasteiger partial charge in [-0.25, -0.2) is 0 Å². The molecule has 0 radical (unpaired) electrons. The summed E-state index contributed by atoms with van der Waals surface area (Å²) >= 11 is 3.39. The van der Waals surface area contributed by atoms with Crippen LogP contribution in [0.3, 0.4) is 0 Å². The number of benzene rings is 2. The van der Waals surface area contributed by atoms with Crippen molar-refractivity contribution >= 4 is 15.9 Å². The van der Waals surface area contributed by atoms with Gasteiger partial charge < -0.3 is 10.2 Å². The zero-order valence-corrected chi connectivity index (χ0v) is 13.4. The molecule has 0 aromatic heterocycles. The first-order valence-electron chi connectivity index (χ1n) is 6.99. The average Bonchev–Trinajstić information content (AvgIpc) is 2.49. The Bertz CT molecular complexity index is 530. The van der Waals surface area contributed by atoms with Crippen LogP contribution in [-0.4, -0.2) is 34.8 Å². The van der Waals surface area contributed by atoms with Crippen molar-refractivity contribution in [1.82, 2.24) is 4.90 Å². The summed E-state index contributed by atoms with van der Waals surface area (Å²) < 4.78 is 0.995. The van der Waals surface area contributed by atoms with Crippen LogP contribution in [0.2, 0.25) is 0 Å². The van der Waals surface area contributed by atoms with Crippen molar-refractivity contribution in [1.29, 1.82) is 0 Å². The Hall–Kier alpha value is -1.20. The highest BCUT2D eigenvalue weighted by atomic mass is 79.9. The smallest absolute Gasteiger partial charge is 0.0917 e. The molecule has 3 nitrogen and oxygen atoms in total. The number of aliphatic hydroxyl groups excluding tert-OH is 2. The van der Waals surface area contributed by atoms with Crippen molar-refractivity contribution in [3.63, 3.8) is 0 Å². The van der Waals surface area contributed by atoms with Crippen LogP contribution in [0.4, 0.5) is 0 Å². The van der Waals surface area contributed by atoms with E-state index in [4.69, 9.17) is 0 Å². The third-order valence-electron chi connectivity index (χ3n) is 3.35. The predicted octanol–water partition coefficient (Wildman–Crippen LogP) is 2.98. The van der Waals surface area contributed by atoms with E-state index in [0.29, 0.717) is 13.1 Å². The van der Waals surface area contributed by atoms with E-state index >= 15 is 0 Å². The molecule has 112 valence electrons. The highest BCUT2D eigenvalue weighted by molar-refractivity contribution is 9.10. The maximum atomic E-state index is 10.3. The molecular formula is C17H20BrNO2. The maximum absolute atomic E-state index is 10.3. The van der Waals surface area contributed by atoms with Crippen molar-refractivity contribution in [3.8, 4) is 0 Å². The van der Waals surface area contributed by atoms with Gasteiger partial charge in [0, 0.05) is 24.1 Å². The summed E-state index contributed by atoms with van der Waals surface area (Å²) in [4.78, 5) is 2.06. The first-order valence-corrected chi connectivity index (χ1v) is 7.79. The van der Waals surface area contributed by atoms with Crippen molar-refractivity contribution in [2.24, 2.45) is 0 Å². The highest BCUT2D eigenvalue weighted by Gasteiger charge is 2.13. The lowest BCUT2D eigenvalue weighted by Gasteiger charge is -2.24. The lowest BCUT2D eigenvalue weighted by Crippen LogP contribution is -2.31. The second-order valence-electron chi connectivity index (χ2n) is 5.01. The van der Waals surface area contributed by atoms with Gasteiger partial charge in [0.1, 0.15) is 0 Å². The maximum Gasteiger partial charge on any atom is 0.0917 e. The summed E-state index contributed by atoms with van der Waals surface area (Å²) in [7, 11) is 0. The Morgan fingerprint density at radius 2 is 1.67 bits per heavy atom. The number of rotatable bonds is 7. The summed E-state index contributed by atoms with van der Waals surface area (Å²) in [5, 5.41) is 19.6. The van der Waals surface area contributed by atoms with E-state index in [-0.39, 0.29) is 6.61 Å². The zero-order valence-electron chi connectivity index (χ0n) is 11.8. The molecule has 0 aliphatic heterocycles. The summed E-state index contributed by atoms with van der Waals surface area (Å²) in [5.74, 6) is 0. The molecule has 2 rings (SSSR count). The third-order valence-corrected chi connectivity index (χ3v) is 3.88. The monoisotopic (exact) mass is 349 g/mol. The molecule has 2 N–H and O–H groups in total. The molecule has 0 heterocycles. The molecule has 2 aromatic carbocycles. The van der Waals surface area contributed by atoms with Gasteiger partial charge in [-0.1, -0.05) is 58.4 Å². The first-order chi connectivity index (χ1) is 10.2. The SMILES string of the molecule is OCCN(Cc1ccccc1)C[C@@H](O)c1ccc(Br)cc1. The molecule has 4 heteroatoms. The summed E-state index contributed by atoms with van der Waals surface area (Å²) in [5.41, 5.74) is 2.06. The molecule has 0 saturated carbocycles. The molecule has 0 aliphatic carbocycles. The van der Waals surface area contributed by atoms with Crippen LogP contribution in [0, 0.1) is 0 Å². The van der Waals surface area contributed by atoms with Crippen LogP contribution in [0.15, 0.2) is 59.1 Å². The number of hydrogen-bond acceptors (Lipinski definition) is 3. The van der Waals surface area contributed by atoms with Gasteiger partial charge in [-0.3, -0.25) is 4.90 Å². The van der Waals surface area contributed by atoms with Gasteiger partial charge in [0.2, 0.25) is 0 Å². The van der Waals surface area contributed by atoms with Crippen LogP contribution in [0.5, 0.6) is 0 Å². The summed E-state index contributed by atoms with van der Waals surface area (Å²) in [6.45, 7) is 1.84. The molecule has 0 saturated heterocycles. The van der Waals surface area contributed by atoms with E-state index < -0.39 is 6.10 Å². The Balaban J connectivity index is 2.00. The van der Waals surface area contributed by atoms with Crippen LogP contribution in [0.25, 0.3) is 0 Å². The topological polar surface area (TPSA) is 43.7 Å². The van der Waals surface area contributed by atoms with E-state index in [9.17, 15) is 10.2 Å². The van der Waals surface area contributed by atoms with Crippen LogP contribution < -0.4 is 0 Å². The zero-order chi connectivity index (χ0) is 15.1. The molecule has 21 heavy (non-hydrogen) atoms. The fourth-order valence-corrected chi connectivity index (χ4v) is 2.52. The minimum absolute atomic E-state index is 0.0832. The van der Waals surface area contributed by atoms with Gasteiger partial charge >= 0.3 is 0 Å². The molecule has 0 amide bonds. The second kappa shape index (κ2) is 8.29. The minimum Gasteiger partial charge on any atom is -0.395 e.